The van der Waals surface area contributed by atoms with Crippen LogP contribution in [0.5, 0.6) is 11.5 Å². The molecule has 2 aromatic rings. The lowest BCUT2D eigenvalue weighted by molar-refractivity contribution is -0.123. The van der Waals surface area contributed by atoms with Gasteiger partial charge >= 0.3 is 0 Å². The van der Waals surface area contributed by atoms with Crippen molar-refractivity contribution in [2.24, 2.45) is 0 Å². The van der Waals surface area contributed by atoms with Crippen molar-refractivity contribution >= 4 is 23.2 Å². The van der Waals surface area contributed by atoms with Crippen LogP contribution >= 0.6 is 0 Å². The Kier molecular flexibility index (Phi) is 4.37. The summed E-state index contributed by atoms with van der Waals surface area (Å²) in [6.07, 6.45) is 0. The first-order chi connectivity index (χ1) is 11.6. The van der Waals surface area contributed by atoms with E-state index in [0.717, 1.165) is 5.56 Å². The number of amides is 2. The van der Waals surface area contributed by atoms with Gasteiger partial charge in [0.15, 0.2) is 6.61 Å². The Morgan fingerprint density at radius 2 is 2.00 bits per heavy atom. The molecule has 6 heteroatoms. The van der Waals surface area contributed by atoms with Crippen molar-refractivity contribution in [1.82, 2.24) is 0 Å². The second-order valence-electron chi connectivity index (χ2n) is 5.52. The molecule has 0 unspecified atom stereocenters. The molecule has 0 saturated carbocycles. The van der Waals surface area contributed by atoms with Gasteiger partial charge < -0.3 is 14.8 Å². The Bertz CT molecular complexity index is 771. The Balaban J connectivity index is 1.72. The van der Waals surface area contributed by atoms with E-state index in [1.807, 2.05) is 19.1 Å². The number of ether oxygens (including phenoxy) is 2. The normalized spacial score (nSPS) is 13.1. The number of nitrogens with zero attached hydrogens (tertiary/aromatic N) is 1. The fourth-order valence-electron chi connectivity index (χ4n) is 2.50. The molecular formula is C18H18N2O4. The van der Waals surface area contributed by atoms with E-state index >= 15 is 0 Å². The maximum absolute atomic E-state index is 12.3. The summed E-state index contributed by atoms with van der Waals surface area (Å²) in [7, 11) is 1.58. The van der Waals surface area contributed by atoms with Crippen LogP contribution in [-0.4, -0.2) is 32.1 Å². The average molecular weight is 326 g/mol. The smallest absolute Gasteiger partial charge is 0.265 e. The molecular weight excluding hydrogens is 308 g/mol. The number of anilines is 2. The van der Waals surface area contributed by atoms with Crippen LogP contribution in [-0.2, 0) is 9.59 Å². The summed E-state index contributed by atoms with van der Waals surface area (Å²) in [6, 6.07) is 12.5. The minimum atomic E-state index is -0.276. The number of rotatable bonds is 4. The third-order valence-electron chi connectivity index (χ3n) is 3.73. The molecule has 124 valence electrons. The fraction of sp³-hybridized carbons (Fsp3) is 0.222. The molecule has 0 bridgehead atoms. The van der Waals surface area contributed by atoms with Gasteiger partial charge in [0, 0.05) is 5.69 Å². The van der Waals surface area contributed by atoms with Crippen molar-refractivity contribution in [2.75, 3.05) is 30.5 Å². The van der Waals surface area contributed by atoms with E-state index in [-0.39, 0.29) is 25.0 Å². The largest absolute Gasteiger partial charge is 0.497 e. The van der Waals surface area contributed by atoms with Crippen molar-refractivity contribution < 1.29 is 19.1 Å². The van der Waals surface area contributed by atoms with Crippen molar-refractivity contribution in [1.29, 1.82) is 0 Å². The molecule has 1 heterocycles. The van der Waals surface area contributed by atoms with Crippen LogP contribution in [0.1, 0.15) is 5.56 Å². The predicted octanol–water partition coefficient (Wildman–Crippen LogP) is 2.37. The molecule has 2 amide bonds. The van der Waals surface area contributed by atoms with Gasteiger partial charge in [-0.1, -0.05) is 6.07 Å². The Hall–Kier alpha value is -3.02. The highest BCUT2D eigenvalue weighted by Crippen LogP contribution is 2.32. The average Bonchev–Trinajstić information content (AvgIpc) is 2.58. The Morgan fingerprint density at radius 1 is 1.25 bits per heavy atom. The van der Waals surface area contributed by atoms with Gasteiger partial charge in [-0.05, 0) is 48.9 Å². The van der Waals surface area contributed by atoms with E-state index in [1.165, 1.54) is 4.90 Å². The Labute approximate surface area is 140 Å². The van der Waals surface area contributed by atoms with Crippen LogP contribution in [0, 0.1) is 6.92 Å². The molecule has 2 aromatic carbocycles. The number of carbonyl (C=O) groups is 2. The highest BCUT2D eigenvalue weighted by molar-refractivity contribution is 6.05. The van der Waals surface area contributed by atoms with Crippen molar-refractivity contribution in [3.63, 3.8) is 0 Å². The molecule has 6 nitrogen and oxygen atoms in total. The summed E-state index contributed by atoms with van der Waals surface area (Å²) in [5, 5.41) is 2.77. The Morgan fingerprint density at radius 3 is 2.71 bits per heavy atom. The zero-order valence-corrected chi connectivity index (χ0v) is 13.5. The second kappa shape index (κ2) is 6.62. The molecule has 0 fully saturated rings. The highest BCUT2D eigenvalue weighted by atomic mass is 16.5. The molecule has 0 radical (unpaired) electrons. The molecule has 0 aliphatic carbocycles. The molecule has 0 spiro atoms. The topological polar surface area (TPSA) is 67.9 Å². The summed E-state index contributed by atoms with van der Waals surface area (Å²) < 4.78 is 10.5. The molecule has 24 heavy (non-hydrogen) atoms. The van der Waals surface area contributed by atoms with Crippen LogP contribution in [0.25, 0.3) is 0 Å². The summed E-state index contributed by atoms with van der Waals surface area (Å²) in [4.78, 5) is 25.8. The number of hydrogen-bond donors (Lipinski definition) is 1. The number of aryl methyl sites for hydroxylation is 1. The van der Waals surface area contributed by atoms with E-state index in [2.05, 4.69) is 5.32 Å². The standard InChI is InChI=1S/C18H18N2O4/c1-12-3-8-15-16(9-12)24-11-18(22)20(15)10-17(21)19-13-4-6-14(23-2)7-5-13/h3-9H,10-11H2,1-2H3,(H,19,21). The van der Waals surface area contributed by atoms with Crippen molar-refractivity contribution in [3.8, 4) is 11.5 Å². The van der Waals surface area contributed by atoms with Crippen LogP contribution in [0.3, 0.4) is 0 Å². The van der Waals surface area contributed by atoms with E-state index in [0.29, 0.717) is 22.9 Å². The minimum absolute atomic E-state index is 0.0632. The number of benzene rings is 2. The highest BCUT2D eigenvalue weighted by Gasteiger charge is 2.27. The number of hydrogen-bond acceptors (Lipinski definition) is 4. The molecule has 1 aliphatic heterocycles. The third kappa shape index (κ3) is 3.32. The van der Waals surface area contributed by atoms with Crippen LogP contribution in [0.4, 0.5) is 11.4 Å². The monoisotopic (exact) mass is 326 g/mol. The zero-order valence-electron chi connectivity index (χ0n) is 13.5. The van der Waals surface area contributed by atoms with Gasteiger partial charge in [-0.3, -0.25) is 14.5 Å². The lowest BCUT2D eigenvalue weighted by atomic mass is 10.1. The first-order valence-electron chi connectivity index (χ1n) is 7.54. The SMILES string of the molecule is COc1ccc(NC(=O)CN2C(=O)COc3cc(C)ccc32)cc1. The number of nitrogens with one attached hydrogen (secondary N) is 1. The summed E-state index contributed by atoms with van der Waals surface area (Å²) in [6.45, 7) is 1.82. The predicted molar refractivity (Wildman–Crippen MR) is 90.7 cm³/mol. The maximum Gasteiger partial charge on any atom is 0.265 e. The lowest BCUT2D eigenvalue weighted by Crippen LogP contribution is -2.43. The maximum atomic E-state index is 12.3. The van der Waals surface area contributed by atoms with E-state index in [9.17, 15) is 9.59 Å². The quantitative estimate of drug-likeness (QED) is 0.936. The second-order valence-corrected chi connectivity index (χ2v) is 5.52. The van der Waals surface area contributed by atoms with Gasteiger partial charge in [-0.2, -0.15) is 0 Å². The fourth-order valence-corrected chi connectivity index (χ4v) is 2.50. The number of carbonyl (C=O) groups excluding carboxylic acids is 2. The third-order valence-corrected chi connectivity index (χ3v) is 3.73. The van der Waals surface area contributed by atoms with Gasteiger partial charge in [0.1, 0.15) is 18.0 Å². The van der Waals surface area contributed by atoms with Gasteiger partial charge in [0.25, 0.3) is 5.91 Å². The molecule has 0 aromatic heterocycles. The van der Waals surface area contributed by atoms with Gasteiger partial charge in [0.05, 0.1) is 12.8 Å². The van der Waals surface area contributed by atoms with Crippen LogP contribution < -0.4 is 19.7 Å². The summed E-state index contributed by atoms with van der Waals surface area (Å²) >= 11 is 0. The molecule has 0 saturated heterocycles. The molecule has 0 atom stereocenters. The van der Waals surface area contributed by atoms with Crippen molar-refractivity contribution in [2.45, 2.75) is 6.92 Å². The van der Waals surface area contributed by atoms with Crippen LogP contribution in [0.2, 0.25) is 0 Å². The van der Waals surface area contributed by atoms with Crippen LogP contribution in [0.15, 0.2) is 42.5 Å². The first-order valence-corrected chi connectivity index (χ1v) is 7.54. The van der Waals surface area contributed by atoms with Crippen molar-refractivity contribution in [3.05, 3.63) is 48.0 Å². The van der Waals surface area contributed by atoms with E-state index in [1.54, 1.807) is 37.4 Å². The van der Waals surface area contributed by atoms with Gasteiger partial charge in [-0.15, -0.1) is 0 Å². The van der Waals surface area contributed by atoms with Gasteiger partial charge in [0.2, 0.25) is 5.91 Å². The number of methoxy groups -OCH3 is 1. The molecule has 3 rings (SSSR count). The minimum Gasteiger partial charge on any atom is -0.497 e. The zero-order chi connectivity index (χ0) is 17.1. The van der Waals surface area contributed by atoms with E-state index in [4.69, 9.17) is 9.47 Å². The summed E-state index contributed by atoms with van der Waals surface area (Å²) in [5.74, 6) is 0.811. The molecule has 1 N–H and O–H groups in total. The lowest BCUT2D eigenvalue weighted by Gasteiger charge is -2.29. The van der Waals surface area contributed by atoms with Gasteiger partial charge in [-0.25, -0.2) is 0 Å². The summed E-state index contributed by atoms with van der Waals surface area (Å²) in [5.41, 5.74) is 2.29. The molecule has 1 aliphatic rings. The number of fused-ring (bicyclic) bond motifs is 1. The first kappa shape index (κ1) is 15.9. The van der Waals surface area contributed by atoms with E-state index < -0.39 is 0 Å².